The molecule has 1 aromatic rings. The summed E-state index contributed by atoms with van der Waals surface area (Å²) in [5.41, 5.74) is 2.31. The maximum atomic E-state index is 12.3. The fourth-order valence-electron chi connectivity index (χ4n) is 3.58. The largest absolute Gasteiger partial charge is 0.393 e. The van der Waals surface area contributed by atoms with Gasteiger partial charge in [-0.25, -0.2) is 0 Å². The Morgan fingerprint density at radius 3 is 2.83 bits per heavy atom. The fraction of sp³-hybridized carbons (Fsp3) is 0.778. The van der Waals surface area contributed by atoms with Gasteiger partial charge in [0.15, 0.2) is 0 Å². The molecular weight excluding hydrogens is 304 g/mol. The van der Waals surface area contributed by atoms with Crippen molar-refractivity contribution in [2.45, 2.75) is 64.6 Å². The summed E-state index contributed by atoms with van der Waals surface area (Å²) in [6.07, 6.45) is 4.90. The molecule has 1 aromatic heterocycles. The number of amides is 1. The molecule has 0 unspecified atom stereocenters. The molecule has 1 saturated heterocycles. The zero-order valence-corrected chi connectivity index (χ0v) is 14.8. The van der Waals surface area contributed by atoms with Gasteiger partial charge in [0, 0.05) is 39.0 Å². The Morgan fingerprint density at radius 2 is 2.08 bits per heavy atom. The number of fused-ring (bicyclic) bond motifs is 1. The van der Waals surface area contributed by atoms with Crippen LogP contribution in [0.5, 0.6) is 0 Å². The monoisotopic (exact) mass is 334 g/mol. The third kappa shape index (κ3) is 4.36. The molecule has 0 spiro atoms. The van der Waals surface area contributed by atoms with E-state index in [0.717, 1.165) is 31.9 Å². The Kier molecular flexibility index (Phi) is 5.89. The summed E-state index contributed by atoms with van der Waals surface area (Å²) in [5, 5.41) is 14.2. The van der Waals surface area contributed by atoms with Crippen LogP contribution >= 0.6 is 0 Å². The number of aliphatic hydroxyl groups excluding tert-OH is 1. The SMILES string of the molecule is CCCCN1CCn2nc(CCC(=O)N3CCC(O)CC3)cc2C1. The van der Waals surface area contributed by atoms with Gasteiger partial charge in [0.05, 0.1) is 24.0 Å². The molecule has 134 valence electrons. The summed E-state index contributed by atoms with van der Waals surface area (Å²) >= 11 is 0. The smallest absolute Gasteiger partial charge is 0.222 e. The summed E-state index contributed by atoms with van der Waals surface area (Å²) in [5.74, 6) is 0.192. The van der Waals surface area contributed by atoms with E-state index in [9.17, 15) is 9.90 Å². The highest BCUT2D eigenvalue weighted by atomic mass is 16.3. The van der Waals surface area contributed by atoms with Gasteiger partial charge < -0.3 is 10.0 Å². The maximum absolute atomic E-state index is 12.3. The van der Waals surface area contributed by atoms with Crippen molar-refractivity contribution < 1.29 is 9.90 Å². The Morgan fingerprint density at radius 1 is 1.29 bits per heavy atom. The van der Waals surface area contributed by atoms with Gasteiger partial charge in [-0.15, -0.1) is 0 Å². The van der Waals surface area contributed by atoms with Crippen molar-refractivity contribution in [1.82, 2.24) is 19.6 Å². The van der Waals surface area contributed by atoms with E-state index < -0.39 is 0 Å². The van der Waals surface area contributed by atoms with Crippen LogP contribution in [0.3, 0.4) is 0 Å². The van der Waals surface area contributed by atoms with Gasteiger partial charge >= 0.3 is 0 Å². The number of carbonyl (C=O) groups is 1. The molecule has 0 radical (unpaired) electrons. The third-order valence-electron chi connectivity index (χ3n) is 5.17. The number of carbonyl (C=O) groups excluding carboxylic acids is 1. The number of likely N-dealkylation sites (tertiary alicyclic amines) is 1. The molecule has 1 amide bonds. The van der Waals surface area contributed by atoms with Gasteiger partial charge in [0.25, 0.3) is 0 Å². The Labute approximate surface area is 144 Å². The van der Waals surface area contributed by atoms with Crippen molar-refractivity contribution in [2.24, 2.45) is 0 Å². The molecule has 3 rings (SSSR count). The third-order valence-corrected chi connectivity index (χ3v) is 5.17. The minimum Gasteiger partial charge on any atom is -0.393 e. The van der Waals surface area contributed by atoms with E-state index in [1.54, 1.807) is 0 Å². The lowest BCUT2D eigenvalue weighted by molar-refractivity contribution is -0.133. The van der Waals surface area contributed by atoms with Crippen LogP contribution in [0.2, 0.25) is 0 Å². The Balaban J connectivity index is 1.48. The minimum absolute atomic E-state index is 0.192. The van der Waals surface area contributed by atoms with Gasteiger partial charge in [-0.3, -0.25) is 14.4 Å². The molecule has 0 aromatic carbocycles. The van der Waals surface area contributed by atoms with E-state index in [0.29, 0.717) is 38.8 Å². The molecule has 6 nitrogen and oxygen atoms in total. The van der Waals surface area contributed by atoms with E-state index in [4.69, 9.17) is 0 Å². The van der Waals surface area contributed by atoms with Crippen LogP contribution in [0.1, 0.15) is 50.4 Å². The molecule has 3 heterocycles. The predicted molar refractivity (Wildman–Crippen MR) is 92.6 cm³/mol. The number of rotatable bonds is 6. The first-order chi connectivity index (χ1) is 11.7. The lowest BCUT2D eigenvalue weighted by Crippen LogP contribution is -2.40. The van der Waals surface area contributed by atoms with Gasteiger partial charge in [-0.1, -0.05) is 13.3 Å². The van der Waals surface area contributed by atoms with Crippen LogP contribution < -0.4 is 0 Å². The number of piperidine rings is 1. The first-order valence-electron chi connectivity index (χ1n) is 9.39. The summed E-state index contributed by atoms with van der Waals surface area (Å²) in [7, 11) is 0. The second kappa shape index (κ2) is 8.12. The zero-order chi connectivity index (χ0) is 16.9. The quantitative estimate of drug-likeness (QED) is 0.855. The van der Waals surface area contributed by atoms with Crippen molar-refractivity contribution in [2.75, 3.05) is 26.2 Å². The standard InChI is InChI=1S/C18H30N4O2/c1-2-3-8-20-11-12-22-16(14-20)13-15(19-22)4-5-18(24)21-9-6-17(23)7-10-21/h13,17,23H,2-12,14H2,1H3. The van der Waals surface area contributed by atoms with Gasteiger partial charge in [-0.05, 0) is 31.9 Å². The minimum atomic E-state index is -0.232. The molecule has 2 aliphatic heterocycles. The van der Waals surface area contributed by atoms with Crippen LogP contribution in [0.15, 0.2) is 6.07 Å². The predicted octanol–water partition coefficient (Wildman–Crippen LogP) is 1.41. The first kappa shape index (κ1) is 17.4. The van der Waals surface area contributed by atoms with Gasteiger partial charge in [0.1, 0.15) is 0 Å². The molecule has 0 saturated carbocycles. The highest BCUT2D eigenvalue weighted by Gasteiger charge is 2.22. The average Bonchev–Trinajstić information content (AvgIpc) is 3.00. The van der Waals surface area contributed by atoms with E-state index in [2.05, 4.69) is 27.7 Å². The van der Waals surface area contributed by atoms with Crippen LogP contribution in [-0.2, 0) is 24.3 Å². The molecule has 0 bridgehead atoms. The summed E-state index contributed by atoms with van der Waals surface area (Å²) < 4.78 is 2.11. The zero-order valence-electron chi connectivity index (χ0n) is 14.8. The molecule has 1 fully saturated rings. The van der Waals surface area contributed by atoms with Crippen molar-refractivity contribution in [1.29, 1.82) is 0 Å². The van der Waals surface area contributed by atoms with E-state index in [-0.39, 0.29) is 12.0 Å². The second-order valence-electron chi connectivity index (χ2n) is 7.09. The Hall–Kier alpha value is -1.40. The molecule has 24 heavy (non-hydrogen) atoms. The van der Waals surface area contributed by atoms with Gasteiger partial charge in [0.2, 0.25) is 5.91 Å². The topological polar surface area (TPSA) is 61.6 Å². The van der Waals surface area contributed by atoms with Crippen LogP contribution in [0.4, 0.5) is 0 Å². The highest BCUT2D eigenvalue weighted by molar-refractivity contribution is 5.76. The summed E-state index contributed by atoms with van der Waals surface area (Å²) in [4.78, 5) is 16.7. The molecule has 0 aliphatic carbocycles. The van der Waals surface area contributed by atoms with E-state index in [1.165, 1.54) is 18.5 Å². The molecule has 1 N–H and O–H groups in total. The van der Waals surface area contributed by atoms with Crippen molar-refractivity contribution >= 4 is 5.91 Å². The van der Waals surface area contributed by atoms with Crippen LogP contribution in [-0.4, -0.2) is 62.9 Å². The number of nitrogens with zero attached hydrogens (tertiary/aromatic N) is 4. The average molecular weight is 334 g/mol. The number of aryl methyl sites for hydroxylation is 1. The summed E-state index contributed by atoms with van der Waals surface area (Å²) in [6, 6.07) is 2.17. The maximum Gasteiger partial charge on any atom is 0.222 e. The van der Waals surface area contributed by atoms with E-state index >= 15 is 0 Å². The van der Waals surface area contributed by atoms with E-state index in [1.807, 2.05) is 4.90 Å². The number of hydrogen-bond donors (Lipinski definition) is 1. The van der Waals surface area contributed by atoms with Crippen molar-refractivity contribution in [3.05, 3.63) is 17.5 Å². The number of unbranched alkanes of at least 4 members (excludes halogenated alkanes) is 1. The number of hydrogen-bond acceptors (Lipinski definition) is 4. The number of aromatic nitrogens is 2. The highest BCUT2D eigenvalue weighted by Crippen LogP contribution is 2.16. The molecule has 6 heteroatoms. The Bertz CT molecular complexity index is 549. The normalized spacial score (nSPS) is 19.5. The lowest BCUT2D eigenvalue weighted by atomic mass is 10.1. The van der Waals surface area contributed by atoms with Crippen molar-refractivity contribution in [3.63, 3.8) is 0 Å². The lowest BCUT2D eigenvalue weighted by Gasteiger charge is -2.29. The van der Waals surface area contributed by atoms with Gasteiger partial charge in [-0.2, -0.15) is 5.10 Å². The first-order valence-corrected chi connectivity index (χ1v) is 9.39. The second-order valence-corrected chi connectivity index (χ2v) is 7.09. The molecule has 0 atom stereocenters. The summed E-state index contributed by atoms with van der Waals surface area (Å²) in [6.45, 7) is 7.77. The molecule has 2 aliphatic rings. The van der Waals surface area contributed by atoms with Crippen LogP contribution in [0, 0.1) is 0 Å². The fourth-order valence-corrected chi connectivity index (χ4v) is 3.58. The van der Waals surface area contributed by atoms with Crippen LogP contribution in [0.25, 0.3) is 0 Å². The molecular formula is C18H30N4O2. The van der Waals surface area contributed by atoms with Crippen molar-refractivity contribution in [3.8, 4) is 0 Å². The number of aliphatic hydroxyl groups is 1.